The fraction of sp³-hybridized carbons (Fsp3) is 0.462. The summed E-state index contributed by atoms with van der Waals surface area (Å²) in [6.07, 6.45) is 6.75. The average Bonchev–Trinajstić information content (AvgIpc) is 3.07. The molecule has 0 aromatic carbocycles. The number of pyridine rings is 1. The fourth-order valence-corrected chi connectivity index (χ4v) is 1.91. The molecule has 0 unspecified atom stereocenters. The van der Waals surface area contributed by atoms with Gasteiger partial charge >= 0.3 is 0 Å². The highest BCUT2D eigenvalue weighted by molar-refractivity contribution is 5.30. The highest BCUT2D eigenvalue weighted by atomic mass is 15.3. The smallest absolute Gasteiger partial charge is 0.155 e. The molecule has 0 radical (unpaired) electrons. The number of aryl methyl sites for hydroxylation is 1. The van der Waals surface area contributed by atoms with Crippen LogP contribution in [0.5, 0.6) is 0 Å². The van der Waals surface area contributed by atoms with Crippen molar-refractivity contribution in [2.45, 2.75) is 38.8 Å². The van der Waals surface area contributed by atoms with Gasteiger partial charge in [0.15, 0.2) is 5.82 Å². The van der Waals surface area contributed by atoms with Gasteiger partial charge in [0.25, 0.3) is 0 Å². The summed E-state index contributed by atoms with van der Waals surface area (Å²) in [6, 6.07) is 4.96. The standard InChI is InChI=1S/C13H17N5/c1-2-11-5-10(7-15-12-3-4-12)6-13(17-11)18-9-14-8-16-18/h5-6,8-9,12,15H,2-4,7H2,1H3. The average molecular weight is 243 g/mol. The maximum absolute atomic E-state index is 4.57. The molecule has 5 heteroatoms. The molecule has 1 fully saturated rings. The first-order chi connectivity index (χ1) is 8.85. The zero-order valence-corrected chi connectivity index (χ0v) is 10.5. The van der Waals surface area contributed by atoms with Crippen LogP contribution in [0.2, 0.25) is 0 Å². The van der Waals surface area contributed by atoms with E-state index < -0.39 is 0 Å². The summed E-state index contributed by atoms with van der Waals surface area (Å²) in [7, 11) is 0. The van der Waals surface area contributed by atoms with Crippen LogP contribution in [0.3, 0.4) is 0 Å². The van der Waals surface area contributed by atoms with Crippen LogP contribution in [0.25, 0.3) is 5.82 Å². The summed E-state index contributed by atoms with van der Waals surface area (Å²) in [5, 5.41) is 7.66. The Balaban J connectivity index is 1.85. The van der Waals surface area contributed by atoms with E-state index in [1.165, 1.54) is 24.7 Å². The van der Waals surface area contributed by atoms with E-state index in [2.05, 4.69) is 39.4 Å². The summed E-state index contributed by atoms with van der Waals surface area (Å²) in [4.78, 5) is 8.53. The lowest BCUT2D eigenvalue weighted by Crippen LogP contribution is -2.16. The second kappa shape index (κ2) is 4.86. The summed E-state index contributed by atoms with van der Waals surface area (Å²) in [6.45, 7) is 3.02. The van der Waals surface area contributed by atoms with Gasteiger partial charge in [0.05, 0.1) is 0 Å². The van der Waals surface area contributed by atoms with Gasteiger partial charge in [0.2, 0.25) is 0 Å². The number of hydrogen-bond donors (Lipinski definition) is 1. The first-order valence-electron chi connectivity index (χ1n) is 6.43. The lowest BCUT2D eigenvalue weighted by molar-refractivity contribution is 0.684. The van der Waals surface area contributed by atoms with Gasteiger partial charge in [-0.25, -0.2) is 14.6 Å². The van der Waals surface area contributed by atoms with Crippen molar-refractivity contribution in [1.82, 2.24) is 25.1 Å². The Kier molecular flexibility index (Phi) is 3.06. The lowest BCUT2D eigenvalue weighted by Gasteiger charge is -2.08. The van der Waals surface area contributed by atoms with E-state index in [1.807, 2.05) is 0 Å². The van der Waals surface area contributed by atoms with Crippen molar-refractivity contribution in [3.05, 3.63) is 36.0 Å². The van der Waals surface area contributed by atoms with Gasteiger partial charge < -0.3 is 5.32 Å². The van der Waals surface area contributed by atoms with Gasteiger partial charge in [0.1, 0.15) is 12.7 Å². The topological polar surface area (TPSA) is 55.6 Å². The molecular weight excluding hydrogens is 226 g/mol. The van der Waals surface area contributed by atoms with Crippen molar-refractivity contribution in [2.75, 3.05) is 0 Å². The van der Waals surface area contributed by atoms with Crippen LogP contribution >= 0.6 is 0 Å². The Morgan fingerprint density at radius 2 is 2.28 bits per heavy atom. The summed E-state index contributed by atoms with van der Waals surface area (Å²) in [5.74, 6) is 0.847. The Labute approximate surface area is 106 Å². The number of nitrogens with zero attached hydrogens (tertiary/aromatic N) is 4. The molecule has 18 heavy (non-hydrogen) atoms. The Morgan fingerprint density at radius 3 is 2.94 bits per heavy atom. The first-order valence-corrected chi connectivity index (χ1v) is 6.43. The minimum absolute atomic E-state index is 0.720. The molecule has 5 nitrogen and oxygen atoms in total. The molecule has 94 valence electrons. The monoisotopic (exact) mass is 243 g/mol. The quantitative estimate of drug-likeness (QED) is 0.864. The molecular formula is C13H17N5. The number of nitrogens with one attached hydrogen (secondary N) is 1. The maximum Gasteiger partial charge on any atom is 0.155 e. The van der Waals surface area contributed by atoms with Crippen LogP contribution in [0.1, 0.15) is 31.0 Å². The normalized spacial score (nSPS) is 14.9. The molecule has 0 bridgehead atoms. The molecule has 0 aliphatic heterocycles. The minimum atomic E-state index is 0.720. The predicted octanol–water partition coefficient (Wildman–Crippen LogP) is 1.48. The van der Waals surface area contributed by atoms with Gasteiger partial charge in [0, 0.05) is 18.3 Å². The third-order valence-corrected chi connectivity index (χ3v) is 3.11. The van der Waals surface area contributed by atoms with Crippen molar-refractivity contribution in [2.24, 2.45) is 0 Å². The van der Waals surface area contributed by atoms with Gasteiger partial charge in [-0.2, -0.15) is 5.10 Å². The van der Waals surface area contributed by atoms with Gasteiger partial charge in [-0.3, -0.25) is 0 Å². The number of aromatic nitrogens is 4. The van der Waals surface area contributed by atoms with Crippen molar-refractivity contribution in [3.8, 4) is 5.82 Å². The van der Waals surface area contributed by atoms with Crippen molar-refractivity contribution >= 4 is 0 Å². The summed E-state index contributed by atoms with van der Waals surface area (Å²) < 4.78 is 1.71. The van der Waals surface area contributed by atoms with Crippen LogP contribution in [-0.4, -0.2) is 25.8 Å². The van der Waals surface area contributed by atoms with Crippen LogP contribution in [-0.2, 0) is 13.0 Å². The van der Waals surface area contributed by atoms with Gasteiger partial charge in [-0.05, 0) is 37.0 Å². The van der Waals surface area contributed by atoms with E-state index in [0.717, 1.165) is 30.5 Å². The second-order valence-corrected chi connectivity index (χ2v) is 4.67. The van der Waals surface area contributed by atoms with Crippen molar-refractivity contribution in [3.63, 3.8) is 0 Å². The van der Waals surface area contributed by atoms with Crippen molar-refractivity contribution in [1.29, 1.82) is 0 Å². The lowest BCUT2D eigenvalue weighted by atomic mass is 10.2. The molecule has 2 heterocycles. The molecule has 1 aliphatic carbocycles. The minimum Gasteiger partial charge on any atom is -0.310 e. The second-order valence-electron chi connectivity index (χ2n) is 4.67. The molecule has 1 saturated carbocycles. The Hall–Kier alpha value is -1.75. The van der Waals surface area contributed by atoms with Crippen LogP contribution in [0.4, 0.5) is 0 Å². The fourth-order valence-electron chi connectivity index (χ4n) is 1.91. The van der Waals surface area contributed by atoms with Crippen molar-refractivity contribution < 1.29 is 0 Å². The predicted molar refractivity (Wildman–Crippen MR) is 68.4 cm³/mol. The van der Waals surface area contributed by atoms with Crippen LogP contribution in [0, 0.1) is 0 Å². The van der Waals surface area contributed by atoms with E-state index in [0.29, 0.717) is 0 Å². The zero-order chi connectivity index (χ0) is 12.4. The molecule has 3 rings (SSSR count). The molecule has 1 aliphatic rings. The van der Waals surface area contributed by atoms with E-state index >= 15 is 0 Å². The zero-order valence-electron chi connectivity index (χ0n) is 10.5. The van der Waals surface area contributed by atoms with Crippen LogP contribution < -0.4 is 5.32 Å². The number of hydrogen-bond acceptors (Lipinski definition) is 4. The largest absolute Gasteiger partial charge is 0.310 e. The summed E-state index contributed by atoms with van der Waals surface area (Å²) in [5.41, 5.74) is 2.36. The maximum atomic E-state index is 4.57. The molecule has 1 N–H and O–H groups in total. The van der Waals surface area contributed by atoms with E-state index in [4.69, 9.17) is 0 Å². The molecule has 0 atom stereocenters. The highest BCUT2D eigenvalue weighted by Crippen LogP contribution is 2.19. The molecule has 2 aromatic heterocycles. The van der Waals surface area contributed by atoms with E-state index in [9.17, 15) is 0 Å². The third-order valence-electron chi connectivity index (χ3n) is 3.11. The molecule has 0 saturated heterocycles. The van der Waals surface area contributed by atoms with Crippen LogP contribution in [0.15, 0.2) is 24.8 Å². The Bertz CT molecular complexity index is 516. The third kappa shape index (κ3) is 2.56. The SMILES string of the molecule is CCc1cc(CNC2CC2)cc(-n2cncn2)n1. The Morgan fingerprint density at radius 1 is 1.39 bits per heavy atom. The van der Waals surface area contributed by atoms with Gasteiger partial charge in [-0.15, -0.1) is 0 Å². The van der Waals surface area contributed by atoms with Gasteiger partial charge in [-0.1, -0.05) is 6.92 Å². The number of rotatable bonds is 5. The molecule has 2 aromatic rings. The van der Waals surface area contributed by atoms with E-state index in [1.54, 1.807) is 11.0 Å². The van der Waals surface area contributed by atoms with E-state index in [-0.39, 0.29) is 0 Å². The highest BCUT2D eigenvalue weighted by Gasteiger charge is 2.20. The molecule has 0 amide bonds. The summed E-state index contributed by atoms with van der Waals surface area (Å²) >= 11 is 0. The molecule has 0 spiro atoms. The first kappa shape index (κ1) is 11.3.